The van der Waals surface area contributed by atoms with Crippen molar-refractivity contribution in [2.24, 2.45) is 5.92 Å². The van der Waals surface area contributed by atoms with Crippen molar-refractivity contribution in [3.8, 4) is 6.07 Å². The lowest BCUT2D eigenvalue weighted by molar-refractivity contribution is 0.438. The van der Waals surface area contributed by atoms with Gasteiger partial charge in [-0.3, -0.25) is 0 Å². The Morgan fingerprint density at radius 2 is 2.00 bits per heavy atom. The van der Waals surface area contributed by atoms with Gasteiger partial charge in [0.2, 0.25) is 0 Å². The fraction of sp³-hybridized carbons (Fsp3) is 0.500. The van der Waals surface area contributed by atoms with Gasteiger partial charge in [-0.15, -0.1) is 0 Å². The largest absolute Gasteiger partial charge is 0.397 e. The summed E-state index contributed by atoms with van der Waals surface area (Å²) in [5, 5.41) is 12.2. The number of hydrogen-bond donors (Lipinski definition) is 2. The summed E-state index contributed by atoms with van der Waals surface area (Å²) in [6, 6.07) is 7.86. The van der Waals surface area contributed by atoms with Gasteiger partial charge in [0.1, 0.15) is 0 Å². The molecule has 0 aliphatic carbocycles. The van der Waals surface area contributed by atoms with Crippen molar-refractivity contribution in [3.63, 3.8) is 0 Å². The Bertz CT molecular complexity index is 402. The SMILES string of the molecule is CCC(CC)C(C)Nc1ccc(C#N)cc1N. The Balaban J connectivity index is 2.78. The molecule has 0 saturated heterocycles. The first-order valence-electron chi connectivity index (χ1n) is 6.18. The maximum Gasteiger partial charge on any atom is 0.0992 e. The highest BCUT2D eigenvalue weighted by molar-refractivity contribution is 5.68. The molecule has 3 heteroatoms. The molecule has 0 fully saturated rings. The summed E-state index contributed by atoms with van der Waals surface area (Å²) >= 11 is 0. The second kappa shape index (κ2) is 6.15. The van der Waals surface area contributed by atoms with Gasteiger partial charge in [0, 0.05) is 6.04 Å². The van der Waals surface area contributed by atoms with Crippen LogP contribution < -0.4 is 11.1 Å². The second-order valence-electron chi connectivity index (χ2n) is 4.42. The van der Waals surface area contributed by atoms with E-state index in [1.807, 2.05) is 6.07 Å². The maximum atomic E-state index is 8.77. The molecular formula is C14H21N3. The Morgan fingerprint density at radius 1 is 1.35 bits per heavy atom. The first kappa shape index (κ1) is 13.4. The van der Waals surface area contributed by atoms with Gasteiger partial charge in [-0.25, -0.2) is 0 Å². The van der Waals surface area contributed by atoms with Crippen molar-refractivity contribution in [1.82, 2.24) is 0 Å². The van der Waals surface area contributed by atoms with Crippen LogP contribution in [-0.4, -0.2) is 6.04 Å². The van der Waals surface area contributed by atoms with Gasteiger partial charge < -0.3 is 11.1 Å². The molecule has 1 aromatic rings. The van der Waals surface area contributed by atoms with Crippen LogP contribution in [0.2, 0.25) is 0 Å². The highest BCUT2D eigenvalue weighted by Crippen LogP contribution is 2.23. The highest BCUT2D eigenvalue weighted by Gasteiger charge is 2.14. The minimum Gasteiger partial charge on any atom is -0.397 e. The quantitative estimate of drug-likeness (QED) is 0.764. The third-order valence-corrected chi connectivity index (χ3v) is 3.32. The molecule has 1 atom stereocenters. The third kappa shape index (κ3) is 3.39. The van der Waals surface area contributed by atoms with Gasteiger partial charge in [-0.1, -0.05) is 26.7 Å². The fourth-order valence-electron chi connectivity index (χ4n) is 2.12. The van der Waals surface area contributed by atoms with Crippen molar-refractivity contribution < 1.29 is 0 Å². The van der Waals surface area contributed by atoms with Crippen molar-refractivity contribution >= 4 is 11.4 Å². The maximum absolute atomic E-state index is 8.77. The standard InChI is InChI=1S/C14H21N3/c1-4-12(5-2)10(3)17-14-7-6-11(9-15)8-13(14)16/h6-8,10,12,17H,4-5,16H2,1-3H3. The van der Waals surface area contributed by atoms with Crippen LogP contribution in [0.5, 0.6) is 0 Å². The summed E-state index contributed by atoms with van der Waals surface area (Å²) in [4.78, 5) is 0. The number of nitrogens with zero attached hydrogens (tertiary/aromatic N) is 1. The number of nitrogen functional groups attached to an aromatic ring is 1. The van der Waals surface area contributed by atoms with E-state index in [-0.39, 0.29) is 0 Å². The molecule has 0 aliphatic rings. The van der Waals surface area contributed by atoms with E-state index in [0.717, 1.165) is 18.5 Å². The molecule has 0 aromatic heterocycles. The fourth-order valence-corrected chi connectivity index (χ4v) is 2.12. The minimum atomic E-state index is 0.389. The van der Waals surface area contributed by atoms with Crippen LogP contribution in [0.15, 0.2) is 18.2 Å². The zero-order valence-electron chi connectivity index (χ0n) is 10.8. The monoisotopic (exact) mass is 231 g/mol. The highest BCUT2D eigenvalue weighted by atomic mass is 14.9. The van der Waals surface area contributed by atoms with Gasteiger partial charge in [-0.2, -0.15) is 5.26 Å². The van der Waals surface area contributed by atoms with Crippen molar-refractivity contribution in [3.05, 3.63) is 23.8 Å². The molecule has 92 valence electrons. The lowest BCUT2D eigenvalue weighted by Crippen LogP contribution is -2.25. The topological polar surface area (TPSA) is 61.8 Å². The zero-order chi connectivity index (χ0) is 12.8. The molecule has 0 radical (unpaired) electrons. The number of anilines is 2. The Kier molecular flexibility index (Phi) is 4.84. The van der Waals surface area contributed by atoms with Crippen LogP contribution in [0.4, 0.5) is 11.4 Å². The summed E-state index contributed by atoms with van der Waals surface area (Å²) in [5.74, 6) is 0.644. The van der Waals surface area contributed by atoms with E-state index in [1.165, 1.54) is 0 Å². The van der Waals surface area contributed by atoms with E-state index < -0.39 is 0 Å². The predicted molar refractivity (Wildman–Crippen MR) is 72.7 cm³/mol. The first-order chi connectivity index (χ1) is 8.12. The average molecular weight is 231 g/mol. The summed E-state index contributed by atoms with van der Waals surface area (Å²) < 4.78 is 0. The van der Waals surface area contributed by atoms with Crippen molar-refractivity contribution in [1.29, 1.82) is 5.26 Å². The van der Waals surface area contributed by atoms with Crippen molar-refractivity contribution in [2.45, 2.75) is 39.7 Å². The van der Waals surface area contributed by atoms with Crippen LogP contribution in [0.1, 0.15) is 39.2 Å². The zero-order valence-corrected chi connectivity index (χ0v) is 10.8. The number of nitriles is 1. The summed E-state index contributed by atoms with van der Waals surface area (Å²) in [7, 11) is 0. The van der Waals surface area contributed by atoms with Crippen LogP contribution in [-0.2, 0) is 0 Å². The smallest absolute Gasteiger partial charge is 0.0992 e. The lowest BCUT2D eigenvalue weighted by Gasteiger charge is -2.24. The molecule has 0 bridgehead atoms. The van der Waals surface area contributed by atoms with E-state index in [9.17, 15) is 0 Å². The molecule has 17 heavy (non-hydrogen) atoms. The molecule has 0 spiro atoms. The number of rotatable bonds is 5. The second-order valence-corrected chi connectivity index (χ2v) is 4.42. The van der Waals surface area contributed by atoms with E-state index >= 15 is 0 Å². The number of hydrogen-bond acceptors (Lipinski definition) is 3. The number of nitrogens with one attached hydrogen (secondary N) is 1. The number of benzene rings is 1. The van der Waals surface area contributed by atoms with Crippen molar-refractivity contribution in [2.75, 3.05) is 11.1 Å². The van der Waals surface area contributed by atoms with Gasteiger partial charge in [0.15, 0.2) is 0 Å². The van der Waals surface area contributed by atoms with E-state index in [1.54, 1.807) is 12.1 Å². The predicted octanol–water partition coefficient (Wildman–Crippen LogP) is 3.38. The molecule has 1 rings (SSSR count). The normalized spacial score (nSPS) is 12.2. The van der Waals surface area contributed by atoms with E-state index in [0.29, 0.717) is 23.2 Å². The molecule has 0 aliphatic heterocycles. The van der Waals surface area contributed by atoms with E-state index in [2.05, 4.69) is 32.2 Å². The lowest BCUT2D eigenvalue weighted by atomic mass is 9.95. The van der Waals surface area contributed by atoms with Crippen LogP contribution in [0.3, 0.4) is 0 Å². The molecule has 0 heterocycles. The Morgan fingerprint density at radius 3 is 2.47 bits per heavy atom. The average Bonchev–Trinajstić information content (AvgIpc) is 2.33. The van der Waals surface area contributed by atoms with Crippen LogP contribution in [0.25, 0.3) is 0 Å². The first-order valence-corrected chi connectivity index (χ1v) is 6.18. The molecule has 1 unspecified atom stereocenters. The molecule has 3 N–H and O–H groups in total. The Labute approximate surface area is 104 Å². The Hall–Kier alpha value is -1.69. The molecule has 3 nitrogen and oxygen atoms in total. The van der Waals surface area contributed by atoms with Gasteiger partial charge in [-0.05, 0) is 31.0 Å². The summed E-state index contributed by atoms with van der Waals surface area (Å²) in [5.41, 5.74) is 8.08. The summed E-state index contributed by atoms with van der Waals surface area (Å²) in [6.07, 6.45) is 2.31. The summed E-state index contributed by atoms with van der Waals surface area (Å²) in [6.45, 7) is 6.58. The van der Waals surface area contributed by atoms with E-state index in [4.69, 9.17) is 11.0 Å². The van der Waals surface area contributed by atoms with Gasteiger partial charge in [0.25, 0.3) is 0 Å². The van der Waals surface area contributed by atoms with Gasteiger partial charge in [0.05, 0.1) is 23.0 Å². The van der Waals surface area contributed by atoms with Crippen LogP contribution in [0, 0.1) is 17.2 Å². The molecule has 0 saturated carbocycles. The third-order valence-electron chi connectivity index (χ3n) is 3.32. The van der Waals surface area contributed by atoms with Crippen LogP contribution >= 0.6 is 0 Å². The molecule has 0 amide bonds. The van der Waals surface area contributed by atoms with Gasteiger partial charge >= 0.3 is 0 Å². The molecule has 1 aromatic carbocycles. The molecular weight excluding hydrogens is 210 g/mol. The number of nitrogens with two attached hydrogens (primary N) is 1. The minimum absolute atomic E-state index is 0.389.